The van der Waals surface area contributed by atoms with Gasteiger partial charge in [0.1, 0.15) is 5.82 Å². The molecule has 1 amide bonds. The number of hydrogen-bond acceptors (Lipinski definition) is 3. The smallest absolute Gasteiger partial charge is 0.255 e. The van der Waals surface area contributed by atoms with Gasteiger partial charge in [-0.15, -0.1) is 0 Å². The molecule has 168 valence electrons. The lowest BCUT2D eigenvalue weighted by Crippen LogP contribution is -2.40. The zero-order chi connectivity index (χ0) is 23.4. The Kier molecular flexibility index (Phi) is 6.99. The third-order valence-electron chi connectivity index (χ3n) is 5.96. The van der Waals surface area contributed by atoms with Crippen LogP contribution in [0.3, 0.4) is 0 Å². The van der Waals surface area contributed by atoms with Crippen molar-refractivity contribution in [2.75, 3.05) is 13.1 Å². The zero-order valence-corrected chi connectivity index (χ0v) is 19.1. The number of hydrogen-bond donors (Lipinski definition) is 0. The van der Waals surface area contributed by atoms with E-state index in [9.17, 15) is 14.0 Å². The third-order valence-corrected chi connectivity index (χ3v) is 6.30. The summed E-state index contributed by atoms with van der Waals surface area (Å²) >= 11 is 6.19. The van der Waals surface area contributed by atoms with E-state index >= 15 is 0 Å². The molecule has 1 aliphatic rings. The second-order valence-electron chi connectivity index (χ2n) is 8.16. The topological polar surface area (TPSA) is 50.3 Å². The van der Waals surface area contributed by atoms with Gasteiger partial charge < -0.3 is 4.90 Å². The van der Waals surface area contributed by atoms with E-state index in [2.05, 4.69) is 4.98 Å². The number of benzene rings is 2. The summed E-state index contributed by atoms with van der Waals surface area (Å²) in [4.78, 5) is 32.1. The highest BCUT2D eigenvalue weighted by Gasteiger charge is 2.29. The molecule has 33 heavy (non-hydrogen) atoms. The minimum atomic E-state index is -0.360. The minimum Gasteiger partial charge on any atom is -0.339 e. The van der Waals surface area contributed by atoms with Crippen LogP contribution < -0.4 is 0 Å². The van der Waals surface area contributed by atoms with Crippen LogP contribution in [0.25, 0.3) is 12.2 Å². The van der Waals surface area contributed by atoms with Crippen molar-refractivity contribution in [1.82, 2.24) is 9.88 Å². The van der Waals surface area contributed by atoms with Gasteiger partial charge in [0.25, 0.3) is 5.91 Å². The number of carbonyl (C=O) groups is 2. The lowest BCUT2D eigenvalue weighted by Gasteiger charge is -2.31. The van der Waals surface area contributed by atoms with E-state index in [1.807, 2.05) is 49.4 Å². The molecule has 1 aliphatic heterocycles. The van der Waals surface area contributed by atoms with Gasteiger partial charge in [-0.25, -0.2) is 4.39 Å². The molecule has 0 aliphatic carbocycles. The van der Waals surface area contributed by atoms with Gasteiger partial charge in [-0.1, -0.05) is 35.9 Å². The lowest BCUT2D eigenvalue weighted by molar-refractivity contribution is 0.0649. The Morgan fingerprint density at radius 1 is 1.00 bits per heavy atom. The number of piperidine rings is 1. The largest absolute Gasteiger partial charge is 0.339 e. The summed E-state index contributed by atoms with van der Waals surface area (Å²) < 4.78 is 13.1. The molecule has 0 bridgehead atoms. The van der Waals surface area contributed by atoms with E-state index in [0.29, 0.717) is 47.8 Å². The van der Waals surface area contributed by atoms with Crippen LogP contribution in [0.4, 0.5) is 4.39 Å². The minimum absolute atomic E-state index is 0.00889. The fraction of sp³-hybridized carbons (Fsp3) is 0.222. The highest BCUT2D eigenvalue weighted by Crippen LogP contribution is 2.24. The highest BCUT2D eigenvalue weighted by molar-refractivity contribution is 6.32. The molecular weight excluding hydrogens is 439 g/mol. The molecule has 1 aromatic heterocycles. The first kappa shape index (κ1) is 22.9. The van der Waals surface area contributed by atoms with Crippen LogP contribution in [-0.2, 0) is 0 Å². The van der Waals surface area contributed by atoms with E-state index in [0.717, 1.165) is 11.3 Å². The molecule has 0 unspecified atom stereocenters. The van der Waals surface area contributed by atoms with Gasteiger partial charge in [0.05, 0.1) is 17.0 Å². The average Bonchev–Trinajstić information content (AvgIpc) is 2.83. The first-order valence-electron chi connectivity index (χ1n) is 10.9. The molecule has 1 saturated heterocycles. The second-order valence-corrected chi connectivity index (χ2v) is 8.57. The number of rotatable bonds is 5. The van der Waals surface area contributed by atoms with Crippen molar-refractivity contribution in [3.63, 3.8) is 0 Å². The summed E-state index contributed by atoms with van der Waals surface area (Å²) in [6.07, 6.45) is 4.95. The van der Waals surface area contributed by atoms with Crippen molar-refractivity contribution in [3.8, 4) is 0 Å². The molecule has 1 fully saturated rings. The highest BCUT2D eigenvalue weighted by atomic mass is 35.5. The second kappa shape index (κ2) is 10.1. The number of aryl methyl sites for hydroxylation is 1. The maximum absolute atomic E-state index is 13.1. The van der Waals surface area contributed by atoms with Crippen LogP contribution in [-0.4, -0.2) is 34.7 Å². The standard InChI is InChI=1S/C27H24ClFN2O2/c1-18-24(13-12-23(30-18)11-8-19-4-2-3-5-25(19)28)27(33)31-16-14-21(15-17-31)26(32)20-6-9-22(29)10-7-20/h2-13,21H,14-17H2,1H3/b11-8+. The maximum Gasteiger partial charge on any atom is 0.255 e. The van der Waals surface area contributed by atoms with E-state index in [4.69, 9.17) is 11.6 Å². The fourth-order valence-electron chi connectivity index (χ4n) is 4.05. The molecule has 4 rings (SSSR count). The van der Waals surface area contributed by atoms with Gasteiger partial charge >= 0.3 is 0 Å². The quantitative estimate of drug-likeness (QED) is 0.431. The molecule has 0 saturated carbocycles. The average molecular weight is 463 g/mol. The third kappa shape index (κ3) is 5.37. The van der Waals surface area contributed by atoms with Crippen molar-refractivity contribution in [3.05, 3.63) is 99.6 Å². The van der Waals surface area contributed by atoms with Crippen LogP contribution in [0.5, 0.6) is 0 Å². The Hall–Kier alpha value is -3.31. The Morgan fingerprint density at radius 3 is 2.36 bits per heavy atom. The van der Waals surface area contributed by atoms with E-state index in [-0.39, 0.29) is 23.4 Å². The summed E-state index contributed by atoms with van der Waals surface area (Å²) in [5.74, 6) is -0.582. The predicted molar refractivity (Wildman–Crippen MR) is 129 cm³/mol. The molecule has 2 aromatic carbocycles. The molecule has 6 heteroatoms. The Morgan fingerprint density at radius 2 is 1.70 bits per heavy atom. The monoisotopic (exact) mass is 462 g/mol. The molecule has 0 radical (unpaired) electrons. The van der Waals surface area contributed by atoms with Crippen LogP contribution in [0, 0.1) is 18.7 Å². The van der Waals surface area contributed by atoms with Gasteiger partial charge in [0.2, 0.25) is 0 Å². The van der Waals surface area contributed by atoms with Gasteiger partial charge in [-0.05, 0) is 73.9 Å². The zero-order valence-electron chi connectivity index (χ0n) is 18.3. The first-order valence-corrected chi connectivity index (χ1v) is 11.3. The van der Waals surface area contributed by atoms with Crippen LogP contribution >= 0.6 is 11.6 Å². The SMILES string of the molecule is Cc1nc(/C=C/c2ccccc2Cl)ccc1C(=O)N1CCC(C(=O)c2ccc(F)cc2)CC1. The number of Topliss-reactive ketones (excluding diaryl/α,β-unsaturated/α-hetero) is 1. The number of carbonyl (C=O) groups excluding carboxylic acids is 2. The van der Waals surface area contributed by atoms with Crippen molar-refractivity contribution >= 4 is 35.4 Å². The number of pyridine rings is 1. The summed E-state index contributed by atoms with van der Waals surface area (Å²) in [6.45, 7) is 2.83. The maximum atomic E-state index is 13.1. The van der Waals surface area contributed by atoms with E-state index in [1.165, 1.54) is 24.3 Å². The molecule has 2 heterocycles. The summed E-state index contributed by atoms with van der Waals surface area (Å²) in [5.41, 5.74) is 3.38. The lowest BCUT2D eigenvalue weighted by atomic mass is 9.88. The molecule has 0 N–H and O–H groups in total. The Labute approximate surface area is 197 Å². The number of likely N-dealkylation sites (tertiary alicyclic amines) is 1. The van der Waals surface area contributed by atoms with Gasteiger partial charge in [-0.2, -0.15) is 0 Å². The number of aromatic nitrogens is 1. The van der Waals surface area contributed by atoms with Crippen LogP contribution in [0.2, 0.25) is 5.02 Å². The number of nitrogens with zero attached hydrogens (tertiary/aromatic N) is 2. The van der Waals surface area contributed by atoms with Crippen molar-refractivity contribution in [1.29, 1.82) is 0 Å². The number of amides is 1. The molecular formula is C27H24ClFN2O2. The molecule has 4 nitrogen and oxygen atoms in total. The normalized spacial score (nSPS) is 14.6. The van der Waals surface area contributed by atoms with Crippen molar-refractivity contribution in [2.24, 2.45) is 5.92 Å². The fourth-order valence-corrected chi connectivity index (χ4v) is 4.25. The summed E-state index contributed by atoms with van der Waals surface area (Å²) in [6, 6.07) is 16.8. The van der Waals surface area contributed by atoms with Gasteiger partial charge in [0.15, 0.2) is 5.78 Å². The van der Waals surface area contributed by atoms with Gasteiger partial charge in [-0.3, -0.25) is 14.6 Å². The van der Waals surface area contributed by atoms with Crippen LogP contribution in [0.15, 0.2) is 60.7 Å². The molecule has 0 atom stereocenters. The Balaban J connectivity index is 1.39. The summed E-state index contributed by atoms with van der Waals surface area (Å²) in [5, 5.41) is 0.665. The number of ketones is 1. The van der Waals surface area contributed by atoms with E-state index in [1.54, 1.807) is 11.0 Å². The first-order chi connectivity index (χ1) is 15.9. The summed E-state index contributed by atoms with van der Waals surface area (Å²) in [7, 11) is 0. The Bertz CT molecular complexity index is 1200. The molecule has 0 spiro atoms. The van der Waals surface area contributed by atoms with Gasteiger partial charge in [0, 0.05) is 29.6 Å². The number of halogens is 2. The van der Waals surface area contributed by atoms with E-state index < -0.39 is 0 Å². The van der Waals surface area contributed by atoms with Crippen molar-refractivity contribution < 1.29 is 14.0 Å². The predicted octanol–water partition coefficient (Wildman–Crippen LogP) is 6.09. The molecule has 3 aromatic rings. The van der Waals surface area contributed by atoms with Crippen molar-refractivity contribution in [2.45, 2.75) is 19.8 Å². The van der Waals surface area contributed by atoms with Crippen LogP contribution in [0.1, 0.15) is 50.5 Å².